The van der Waals surface area contributed by atoms with Crippen molar-refractivity contribution >= 4 is 21.9 Å². The molecule has 140 valence electrons. The van der Waals surface area contributed by atoms with Gasteiger partial charge < -0.3 is 10.1 Å². The van der Waals surface area contributed by atoms with Crippen molar-refractivity contribution in [1.82, 2.24) is 9.62 Å². The fourth-order valence-corrected chi connectivity index (χ4v) is 3.09. The van der Waals surface area contributed by atoms with E-state index in [0.29, 0.717) is 5.56 Å². The van der Waals surface area contributed by atoms with Gasteiger partial charge in [-0.15, -0.1) is 0 Å². The molecule has 7 nitrogen and oxygen atoms in total. The summed E-state index contributed by atoms with van der Waals surface area (Å²) in [6.45, 7) is 5.19. The van der Waals surface area contributed by atoms with E-state index in [4.69, 9.17) is 4.74 Å². The van der Waals surface area contributed by atoms with Gasteiger partial charge in [0, 0.05) is 20.1 Å². The summed E-state index contributed by atoms with van der Waals surface area (Å²) in [4.78, 5) is 24.0. The topological polar surface area (TPSA) is 92.8 Å². The molecule has 0 aromatic heterocycles. The molecule has 0 heterocycles. The molecule has 0 saturated carbocycles. The second kappa shape index (κ2) is 8.96. The first-order valence-electron chi connectivity index (χ1n) is 8.13. The average Bonchev–Trinajstić information content (AvgIpc) is 2.57. The molecule has 0 bridgehead atoms. The van der Waals surface area contributed by atoms with Gasteiger partial charge in [0.25, 0.3) is 5.91 Å². The Balaban J connectivity index is 2.87. The van der Waals surface area contributed by atoms with Crippen molar-refractivity contribution in [3.8, 4) is 0 Å². The Morgan fingerprint density at radius 1 is 1.20 bits per heavy atom. The zero-order valence-electron chi connectivity index (χ0n) is 15.3. The molecule has 0 aliphatic heterocycles. The minimum atomic E-state index is -3.66. The molecule has 1 aromatic carbocycles. The van der Waals surface area contributed by atoms with E-state index in [9.17, 15) is 18.0 Å². The second-order valence-electron chi connectivity index (χ2n) is 5.92. The summed E-state index contributed by atoms with van der Waals surface area (Å²) >= 11 is 0. The van der Waals surface area contributed by atoms with Crippen LogP contribution in [-0.2, 0) is 19.6 Å². The van der Waals surface area contributed by atoms with Crippen LogP contribution in [0.25, 0.3) is 0 Å². The third-order valence-electron chi connectivity index (χ3n) is 3.89. The maximum Gasteiger partial charge on any atom is 0.338 e. The van der Waals surface area contributed by atoms with Crippen molar-refractivity contribution in [2.75, 3.05) is 20.7 Å². The first kappa shape index (κ1) is 21.1. The molecular formula is C17H26N2O5S. The van der Waals surface area contributed by atoms with Gasteiger partial charge in [-0.1, -0.05) is 19.9 Å². The Kier molecular flexibility index (Phi) is 7.57. The number of aryl methyl sites for hydroxylation is 1. The van der Waals surface area contributed by atoms with Crippen LogP contribution >= 0.6 is 0 Å². The number of carbonyl (C=O) groups is 2. The second-order valence-corrected chi connectivity index (χ2v) is 8.07. The third-order valence-corrected chi connectivity index (χ3v) is 5.70. The first-order chi connectivity index (χ1) is 11.6. The number of rotatable bonds is 8. The maximum absolute atomic E-state index is 12.2. The lowest BCUT2D eigenvalue weighted by atomic mass is 10.1. The zero-order chi connectivity index (χ0) is 19.2. The zero-order valence-corrected chi connectivity index (χ0v) is 16.1. The van der Waals surface area contributed by atoms with E-state index in [1.54, 1.807) is 6.92 Å². The highest BCUT2D eigenvalue weighted by atomic mass is 32.2. The molecule has 1 aromatic rings. The molecule has 1 amide bonds. The van der Waals surface area contributed by atoms with Gasteiger partial charge in [0.15, 0.2) is 6.61 Å². The van der Waals surface area contributed by atoms with Crippen LogP contribution in [-0.4, -0.2) is 51.3 Å². The van der Waals surface area contributed by atoms with Crippen LogP contribution in [0.4, 0.5) is 0 Å². The Bertz CT molecular complexity index is 725. The van der Waals surface area contributed by atoms with Crippen LogP contribution in [0.1, 0.15) is 42.6 Å². The lowest BCUT2D eigenvalue weighted by Crippen LogP contribution is -2.36. The highest BCUT2D eigenvalue weighted by Crippen LogP contribution is 2.18. The molecule has 25 heavy (non-hydrogen) atoms. The van der Waals surface area contributed by atoms with Gasteiger partial charge in [-0.3, -0.25) is 4.79 Å². The van der Waals surface area contributed by atoms with Crippen molar-refractivity contribution in [2.45, 2.75) is 44.6 Å². The monoisotopic (exact) mass is 370 g/mol. The van der Waals surface area contributed by atoms with Gasteiger partial charge in [-0.05, 0) is 37.5 Å². The number of hydrogen-bond acceptors (Lipinski definition) is 5. The Labute approximate surface area is 149 Å². The molecule has 0 saturated heterocycles. The number of hydrogen-bond donors (Lipinski definition) is 1. The average molecular weight is 370 g/mol. The van der Waals surface area contributed by atoms with Gasteiger partial charge in [-0.2, -0.15) is 0 Å². The number of sulfonamides is 1. The summed E-state index contributed by atoms with van der Waals surface area (Å²) in [5.74, 6) is -1.11. The summed E-state index contributed by atoms with van der Waals surface area (Å²) in [5, 5.41) is 2.77. The van der Waals surface area contributed by atoms with Crippen molar-refractivity contribution in [1.29, 1.82) is 0 Å². The minimum absolute atomic E-state index is 0.00321. The van der Waals surface area contributed by atoms with E-state index in [2.05, 4.69) is 5.32 Å². The molecule has 0 aliphatic carbocycles. The van der Waals surface area contributed by atoms with Crippen LogP contribution in [0, 0.1) is 6.92 Å². The number of ether oxygens (including phenoxy) is 1. The molecule has 1 N–H and O–H groups in total. The minimum Gasteiger partial charge on any atom is -0.452 e. The van der Waals surface area contributed by atoms with Crippen molar-refractivity contribution in [3.63, 3.8) is 0 Å². The highest BCUT2D eigenvalue weighted by molar-refractivity contribution is 7.89. The fourth-order valence-electron chi connectivity index (χ4n) is 2.16. The van der Waals surface area contributed by atoms with E-state index in [1.165, 1.54) is 32.3 Å². The number of esters is 1. The highest BCUT2D eigenvalue weighted by Gasteiger charge is 2.21. The van der Waals surface area contributed by atoms with Crippen LogP contribution in [0.2, 0.25) is 0 Å². The normalized spacial score (nSPS) is 11.6. The van der Waals surface area contributed by atoms with E-state index in [0.717, 1.165) is 17.1 Å². The fraction of sp³-hybridized carbons (Fsp3) is 0.529. The van der Waals surface area contributed by atoms with E-state index in [1.807, 2.05) is 13.8 Å². The SMILES string of the molecule is CCC(CC)NC(=O)COC(=O)c1cc(S(=O)(=O)N(C)C)ccc1C. The molecule has 8 heteroatoms. The largest absolute Gasteiger partial charge is 0.452 e. The van der Waals surface area contributed by atoms with Crippen LogP contribution in [0.5, 0.6) is 0 Å². The smallest absolute Gasteiger partial charge is 0.338 e. The molecule has 0 atom stereocenters. The van der Waals surface area contributed by atoms with Gasteiger partial charge in [0.05, 0.1) is 10.5 Å². The number of amides is 1. The van der Waals surface area contributed by atoms with Crippen molar-refractivity contribution in [2.24, 2.45) is 0 Å². The summed E-state index contributed by atoms with van der Waals surface area (Å²) in [7, 11) is -0.833. The van der Waals surface area contributed by atoms with E-state index < -0.39 is 22.6 Å². The van der Waals surface area contributed by atoms with Crippen LogP contribution in [0.15, 0.2) is 23.1 Å². The molecule has 0 aliphatic rings. The van der Waals surface area contributed by atoms with E-state index >= 15 is 0 Å². The van der Waals surface area contributed by atoms with Crippen molar-refractivity contribution in [3.05, 3.63) is 29.3 Å². The first-order valence-corrected chi connectivity index (χ1v) is 9.57. The number of nitrogens with zero attached hydrogens (tertiary/aromatic N) is 1. The number of nitrogens with one attached hydrogen (secondary N) is 1. The lowest BCUT2D eigenvalue weighted by molar-refractivity contribution is -0.125. The summed E-state index contributed by atoms with van der Waals surface area (Å²) in [5.41, 5.74) is 0.696. The maximum atomic E-state index is 12.2. The summed E-state index contributed by atoms with van der Waals surface area (Å²) in [6.07, 6.45) is 1.58. The molecule has 0 spiro atoms. The number of carbonyl (C=O) groups excluding carboxylic acids is 2. The summed E-state index contributed by atoms with van der Waals surface area (Å²) in [6, 6.07) is 4.28. The summed E-state index contributed by atoms with van der Waals surface area (Å²) < 4.78 is 30.5. The predicted molar refractivity (Wildman–Crippen MR) is 94.8 cm³/mol. The molecular weight excluding hydrogens is 344 g/mol. The van der Waals surface area contributed by atoms with Gasteiger partial charge in [0.1, 0.15) is 0 Å². The molecule has 0 unspecified atom stereocenters. The van der Waals surface area contributed by atoms with Gasteiger partial charge >= 0.3 is 5.97 Å². The molecule has 1 rings (SSSR count). The standard InChI is InChI=1S/C17H26N2O5S/c1-6-13(7-2)18-16(20)11-24-17(21)15-10-14(9-8-12(15)3)25(22,23)19(4)5/h8-10,13H,6-7,11H2,1-5H3,(H,18,20). The Morgan fingerprint density at radius 3 is 2.32 bits per heavy atom. The Hall–Kier alpha value is -1.93. The molecule has 0 radical (unpaired) electrons. The Morgan fingerprint density at radius 2 is 1.80 bits per heavy atom. The number of benzene rings is 1. The van der Waals surface area contributed by atoms with E-state index in [-0.39, 0.29) is 22.4 Å². The molecule has 0 fully saturated rings. The van der Waals surface area contributed by atoms with Crippen LogP contribution in [0.3, 0.4) is 0 Å². The quantitative estimate of drug-likeness (QED) is 0.703. The third kappa shape index (κ3) is 5.54. The van der Waals surface area contributed by atoms with Gasteiger partial charge in [-0.25, -0.2) is 17.5 Å². The van der Waals surface area contributed by atoms with Gasteiger partial charge in [0.2, 0.25) is 10.0 Å². The lowest BCUT2D eigenvalue weighted by Gasteiger charge is -2.15. The predicted octanol–water partition coefficient (Wildman–Crippen LogP) is 1.71. The van der Waals surface area contributed by atoms with Crippen LogP contribution < -0.4 is 5.32 Å². The van der Waals surface area contributed by atoms with Crippen molar-refractivity contribution < 1.29 is 22.7 Å².